The van der Waals surface area contributed by atoms with Crippen LogP contribution in [0.1, 0.15) is 27.5 Å². The molecule has 0 aromatic heterocycles. The molecule has 1 fully saturated rings. The summed E-state index contributed by atoms with van der Waals surface area (Å²) in [5.74, 6) is -1.20. The lowest BCUT2D eigenvalue weighted by atomic mass is 10.0. The number of carbonyl (C=O) groups excluding carboxylic acids is 2. The highest BCUT2D eigenvalue weighted by molar-refractivity contribution is 5.95. The molecule has 2 amide bonds. The van der Waals surface area contributed by atoms with Crippen LogP contribution < -0.4 is 15.8 Å². The average molecular weight is 513 g/mol. The number of carbonyl (C=O) groups is 2. The number of amides is 2. The van der Waals surface area contributed by atoms with Gasteiger partial charge in [-0.2, -0.15) is 0 Å². The molecule has 7 nitrogen and oxygen atoms in total. The second-order valence-corrected chi connectivity index (χ2v) is 8.65. The van der Waals surface area contributed by atoms with Crippen LogP contribution in [0.3, 0.4) is 0 Å². The maximum atomic E-state index is 13.3. The summed E-state index contributed by atoms with van der Waals surface area (Å²) in [6.07, 6.45) is -4.92. The Kier molecular flexibility index (Phi) is 7.98. The minimum absolute atomic E-state index is 0.0436. The zero-order valence-corrected chi connectivity index (χ0v) is 19.9. The van der Waals surface area contributed by atoms with Crippen molar-refractivity contribution in [2.75, 3.05) is 31.9 Å². The molecule has 1 aliphatic heterocycles. The van der Waals surface area contributed by atoms with Crippen molar-refractivity contribution < 1.29 is 27.5 Å². The fourth-order valence-electron chi connectivity index (χ4n) is 4.29. The van der Waals surface area contributed by atoms with Crippen LogP contribution in [0.2, 0.25) is 0 Å². The summed E-state index contributed by atoms with van der Waals surface area (Å²) in [4.78, 5) is 29.9. The summed E-state index contributed by atoms with van der Waals surface area (Å²) in [7, 11) is 0. The van der Waals surface area contributed by atoms with E-state index in [-0.39, 0.29) is 17.2 Å². The molecule has 1 aliphatic rings. The van der Waals surface area contributed by atoms with Gasteiger partial charge in [0.2, 0.25) is 5.91 Å². The van der Waals surface area contributed by atoms with E-state index in [1.807, 2.05) is 65.6 Å². The molecule has 0 bridgehead atoms. The van der Waals surface area contributed by atoms with Gasteiger partial charge in [0.1, 0.15) is 6.04 Å². The zero-order valence-electron chi connectivity index (χ0n) is 19.9. The van der Waals surface area contributed by atoms with Gasteiger partial charge in [-0.05, 0) is 29.3 Å². The van der Waals surface area contributed by atoms with E-state index >= 15 is 0 Å². The van der Waals surface area contributed by atoms with Gasteiger partial charge in [0.05, 0.1) is 5.69 Å². The fourth-order valence-corrected chi connectivity index (χ4v) is 4.29. The first kappa shape index (κ1) is 26.0. The normalized spacial score (nSPS) is 15.2. The van der Waals surface area contributed by atoms with E-state index in [1.54, 1.807) is 4.90 Å². The Labute approximate surface area is 212 Å². The molecule has 0 saturated carbocycles. The molecule has 3 aromatic carbocycles. The summed E-state index contributed by atoms with van der Waals surface area (Å²) in [6, 6.07) is 22.0. The summed E-state index contributed by atoms with van der Waals surface area (Å²) in [5.41, 5.74) is 7.22. The van der Waals surface area contributed by atoms with E-state index in [9.17, 15) is 22.8 Å². The molecule has 4 rings (SSSR count). The lowest BCUT2D eigenvalue weighted by Gasteiger charge is -2.39. The Bertz CT molecular complexity index is 1210. The predicted molar refractivity (Wildman–Crippen MR) is 132 cm³/mol. The van der Waals surface area contributed by atoms with Crippen LogP contribution in [0.5, 0.6) is 5.75 Å². The Morgan fingerprint density at radius 3 is 2.16 bits per heavy atom. The number of halogens is 3. The highest BCUT2D eigenvalue weighted by Gasteiger charge is 2.34. The molecule has 1 saturated heterocycles. The molecule has 10 heteroatoms. The largest absolute Gasteiger partial charge is 0.573 e. The van der Waals surface area contributed by atoms with Gasteiger partial charge >= 0.3 is 6.36 Å². The van der Waals surface area contributed by atoms with Gasteiger partial charge < -0.3 is 20.7 Å². The molecule has 37 heavy (non-hydrogen) atoms. The Balaban J connectivity index is 1.44. The van der Waals surface area contributed by atoms with Crippen molar-refractivity contribution in [2.24, 2.45) is 0 Å². The van der Waals surface area contributed by atoms with Gasteiger partial charge in [-0.3, -0.25) is 14.5 Å². The quantitative estimate of drug-likeness (QED) is 0.468. The van der Waals surface area contributed by atoms with Crippen molar-refractivity contribution in [3.05, 3.63) is 95.6 Å². The fraction of sp³-hybridized carbons (Fsp3) is 0.259. The topological polar surface area (TPSA) is 87.9 Å². The first-order valence-corrected chi connectivity index (χ1v) is 11.8. The molecule has 3 N–H and O–H groups in total. The summed E-state index contributed by atoms with van der Waals surface area (Å²) >= 11 is 0. The Hall–Kier alpha value is -4.05. The number of hydrogen-bond acceptors (Lipinski definition) is 5. The number of nitrogens with zero attached hydrogens (tertiary/aromatic N) is 2. The number of alkyl halides is 3. The lowest BCUT2D eigenvalue weighted by molar-refractivity contribution is -0.274. The minimum atomic E-state index is -4.92. The van der Waals surface area contributed by atoms with E-state index in [4.69, 9.17) is 5.73 Å². The third-order valence-electron chi connectivity index (χ3n) is 6.13. The highest BCUT2D eigenvalue weighted by Crippen LogP contribution is 2.30. The number of benzene rings is 3. The Morgan fingerprint density at radius 2 is 1.54 bits per heavy atom. The van der Waals surface area contributed by atoms with E-state index in [0.29, 0.717) is 32.7 Å². The smallest absolute Gasteiger partial charge is 0.404 e. The second-order valence-electron chi connectivity index (χ2n) is 8.65. The van der Waals surface area contributed by atoms with E-state index < -0.39 is 24.1 Å². The van der Waals surface area contributed by atoms with E-state index in [0.717, 1.165) is 17.2 Å². The monoisotopic (exact) mass is 512 g/mol. The van der Waals surface area contributed by atoms with Crippen molar-refractivity contribution in [1.82, 2.24) is 15.1 Å². The number of rotatable bonds is 7. The van der Waals surface area contributed by atoms with Crippen LogP contribution in [0.25, 0.3) is 0 Å². The molecule has 3 aromatic rings. The number of hydrogen-bond donors (Lipinski definition) is 2. The summed E-state index contributed by atoms with van der Waals surface area (Å²) in [6.45, 7) is 1.80. The van der Waals surface area contributed by atoms with Crippen molar-refractivity contribution in [3.8, 4) is 5.75 Å². The highest BCUT2D eigenvalue weighted by atomic mass is 19.4. The first-order valence-electron chi connectivity index (χ1n) is 11.8. The minimum Gasteiger partial charge on any atom is -0.404 e. The van der Waals surface area contributed by atoms with Gasteiger partial charge in [-0.15, -0.1) is 13.2 Å². The van der Waals surface area contributed by atoms with Crippen LogP contribution >= 0.6 is 0 Å². The number of anilines is 1. The summed E-state index contributed by atoms with van der Waals surface area (Å²) < 4.78 is 42.0. The van der Waals surface area contributed by atoms with Crippen LogP contribution in [0.4, 0.5) is 18.9 Å². The third-order valence-corrected chi connectivity index (χ3v) is 6.13. The van der Waals surface area contributed by atoms with Crippen LogP contribution in [0.15, 0.2) is 78.9 Å². The molecule has 1 unspecified atom stereocenters. The molecule has 194 valence electrons. The molecule has 1 atom stereocenters. The van der Waals surface area contributed by atoms with Gasteiger partial charge in [-0.1, -0.05) is 60.7 Å². The van der Waals surface area contributed by atoms with Gasteiger partial charge in [0.25, 0.3) is 5.91 Å². The van der Waals surface area contributed by atoms with Gasteiger partial charge in [0, 0.05) is 38.3 Å². The van der Waals surface area contributed by atoms with Gasteiger partial charge in [-0.25, -0.2) is 0 Å². The van der Waals surface area contributed by atoms with Crippen molar-refractivity contribution in [1.29, 1.82) is 0 Å². The number of piperazine rings is 1. The second kappa shape index (κ2) is 11.3. The molecule has 0 radical (unpaired) electrons. The lowest BCUT2D eigenvalue weighted by Crippen LogP contribution is -2.52. The predicted octanol–water partition coefficient (Wildman–Crippen LogP) is 3.98. The standard InChI is InChI=1S/C27H27F3N4O3/c28-27(29,30)37-23-17-21(11-12-22(23)31)26(36)34-15-13-33(14-16-34)24(20-9-5-2-6-10-20)25(35)32-18-19-7-3-1-4-8-19/h1-12,17,24H,13-16,18,31H2,(H,32,35). The Morgan fingerprint density at radius 1 is 0.919 bits per heavy atom. The van der Waals surface area contributed by atoms with Crippen molar-refractivity contribution in [3.63, 3.8) is 0 Å². The van der Waals surface area contributed by atoms with Crippen molar-refractivity contribution >= 4 is 17.5 Å². The third kappa shape index (κ3) is 6.79. The maximum Gasteiger partial charge on any atom is 0.573 e. The van der Waals surface area contributed by atoms with Crippen molar-refractivity contribution in [2.45, 2.75) is 18.9 Å². The van der Waals surface area contributed by atoms with Crippen LogP contribution in [-0.4, -0.2) is 54.2 Å². The SMILES string of the molecule is Nc1ccc(C(=O)N2CCN(C(C(=O)NCc3ccccc3)c3ccccc3)CC2)cc1OC(F)(F)F. The number of nitrogens with two attached hydrogens (primary N) is 1. The molecule has 0 aliphatic carbocycles. The summed E-state index contributed by atoms with van der Waals surface area (Å²) in [5, 5.41) is 3.01. The number of ether oxygens (including phenoxy) is 1. The molecular formula is C27H27F3N4O3. The maximum absolute atomic E-state index is 13.3. The van der Waals surface area contributed by atoms with E-state index in [1.165, 1.54) is 12.1 Å². The van der Waals surface area contributed by atoms with Crippen LogP contribution in [0, 0.1) is 0 Å². The first-order chi connectivity index (χ1) is 17.7. The number of nitrogen functional groups attached to an aromatic ring is 1. The molecule has 0 spiro atoms. The van der Waals surface area contributed by atoms with Crippen LogP contribution in [-0.2, 0) is 11.3 Å². The molecular weight excluding hydrogens is 485 g/mol. The van der Waals surface area contributed by atoms with Gasteiger partial charge in [0.15, 0.2) is 5.75 Å². The van der Waals surface area contributed by atoms with E-state index in [2.05, 4.69) is 10.1 Å². The number of nitrogens with one attached hydrogen (secondary N) is 1. The molecule has 1 heterocycles. The average Bonchev–Trinajstić information content (AvgIpc) is 2.89. The zero-order chi connectivity index (χ0) is 26.4.